The Morgan fingerprint density at radius 3 is 2.48 bits per heavy atom. The number of aromatic nitrogens is 3. The Kier molecular flexibility index (Phi) is 4.91. The molecule has 4 aliphatic rings. The summed E-state index contributed by atoms with van der Waals surface area (Å²) >= 11 is 0. The minimum absolute atomic E-state index is 0.0402. The van der Waals surface area contributed by atoms with Gasteiger partial charge in [-0.1, -0.05) is 51.4 Å². The van der Waals surface area contributed by atoms with Gasteiger partial charge in [0, 0.05) is 17.9 Å². The zero-order chi connectivity index (χ0) is 20.8. The van der Waals surface area contributed by atoms with Gasteiger partial charge in [-0.25, -0.2) is 4.68 Å². The lowest BCUT2D eigenvalue weighted by atomic mass is 9.64. The molecule has 2 unspecified atom stereocenters. The summed E-state index contributed by atoms with van der Waals surface area (Å²) in [4.78, 5) is 20.8. The van der Waals surface area contributed by atoms with Crippen molar-refractivity contribution in [2.24, 2.45) is 5.92 Å². The summed E-state index contributed by atoms with van der Waals surface area (Å²) in [7, 11) is 0. The maximum Gasteiger partial charge on any atom is 0.296 e. The SMILES string of the molecule is O=C(c1ccco1)N1c2nc(C3CCCCC3)nn2C2(CCCCC2)C2CCCCC21. The van der Waals surface area contributed by atoms with Gasteiger partial charge in [-0.15, -0.1) is 0 Å². The molecule has 0 radical (unpaired) electrons. The van der Waals surface area contributed by atoms with Crippen molar-refractivity contribution in [2.45, 2.75) is 107 Å². The van der Waals surface area contributed by atoms with E-state index in [9.17, 15) is 4.79 Å². The van der Waals surface area contributed by atoms with Crippen molar-refractivity contribution in [1.82, 2.24) is 14.8 Å². The fourth-order valence-electron chi connectivity index (χ4n) is 7.17. The van der Waals surface area contributed by atoms with Crippen LogP contribution in [0.2, 0.25) is 0 Å². The van der Waals surface area contributed by atoms with E-state index in [-0.39, 0.29) is 17.5 Å². The molecule has 3 heterocycles. The minimum atomic E-state index is -0.0450. The van der Waals surface area contributed by atoms with Crippen LogP contribution in [0.1, 0.15) is 112 Å². The molecule has 3 saturated carbocycles. The summed E-state index contributed by atoms with van der Waals surface area (Å²) in [5.74, 6) is 3.06. The summed E-state index contributed by atoms with van der Waals surface area (Å²) in [6.07, 6.45) is 18.7. The molecule has 6 nitrogen and oxygen atoms in total. The lowest BCUT2D eigenvalue weighted by molar-refractivity contribution is 0.0304. The number of hydrogen-bond acceptors (Lipinski definition) is 4. The van der Waals surface area contributed by atoms with E-state index < -0.39 is 0 Å². The molecule has 6 rings (SSSR count). The zero-order valence-corrected chi connectivity index (χ0v) is 18.5. The number of hydrogen-bond donors (Lipinski definition) is 0. The Hall–Kier alpha value is -2.11. The van der Waals surface area contributed by atoms with Crippen LogP contribution >= 0.6 is 0 Å². The standard InChI is InChI=1S/C25H34N4O2/c30-23(21-14-9-17-31-21)28-20-13-6-5-12-19(20)25(15-7-2-8-16-25)29-24(28)26-22(27-29)18-10-3-1-4-11-18/h9,14,17-20H,1-8,10-13,15-16H2. The summed E-state index contributed by atoms with van der Waals surface area (Å²) in [6.45, 7) is 0. The molecule has 0 aromatic carbocycles. The van der Waals surface area contributed by atoms with Gasteiger partial charge >= 0.3 is 0 Å². The van der Waals surface area contributed by atoms with Crippen LogP contribution in [0.5, 0.6) is 0 Å². The summed E-state index contributed by atoms with van der Waals surface area (Å²) in [5.41, 5.74) is 0.0402. The lowest BCUT2D eigenvalue weighted by Crippen LogP contribution is -2.61. The van der Waals surface area contributed by atoms with Gasteiger partial charge < -0.3 is 4.42 Å². The minimum Gasteiger partial charge on any atom is -0.459 e. The summed E-state index contributed by atoms with van der Waals surface area (Å²) in [5, 5.41) is 5.24. The smallest absolute Gasteiger partial charge is 0.296 e. The summed E-state index contributed by atoms with van der Waals surface area (Å²) < 4.78 is 7.81. The molecule has 2 atom stereocenters. The second-order valence-corrected chi connectivity index (χ2v) is 10.3. The zero-order valence-electron chi connectivity index (χ0n) is 18.5. The first-order valence-electron chi connectivity index (χ1n) is 12.6. The van der Waals surface area contributed by atoms with Crippen LogP contribution in [0.3, 0.4) is 0 Å². The number of rotatable bonds is 2. The fourth-order valence-corrected chi connectivity index (χ4v) is 7.17. The molecule has 1 spiro atoms. The Morgan fingerprint density at radius 1 is 0.968 bits per heavy atom. The topological polar surface area (TPSA) is 64.2 Å². The highest BCUT2D eigenvalue weighted by Gasteiger charge is 2.55. The van der Waals surface area contributed by atoms with Gasteiger partial charge in [-0.3, -0.25) is 9.69 Å². The molecule has 166 valence electrons. The number of anilines is 1. The van der Waals surface area contributed by atoms with Gasteiger partial charge in [-0.2, -0.15) is 10.1 Å². The number of carbonyl (C=O) groups is 1. The second kappa shape index (κ2) is 7.79. The van der Waals surface area contributed by atoms with E-state index >= 15 is 0 Å². The van der Waals surface area contributed by atoms with E-state index in [1.165, 1.54) is 83.5 Å². The molecule has 2 aromatic heterocycles. The maximum absolute atomic E-state index is 13.7. The predicted molar refractivity (Wildman–Crippen MR) is 118 cm³/mol. The van der Waals surface area contributed by atoms with Gasteiger partial charge in [0.25, 0.3) is 5.91 Å². The molecule has 0 saturated heterocycles. The fraction of sp³-hybridized carbons (Fsp3) is 0.720. The van der Waals surface area contributed by atoms with E-state index in [4.69, 9.17) is 14.5 Å². The average Bonchev–Trinajstić information content (AvgIpc) is 3.52. The molecule has 0 bridgehead atoms. The molecular formula is C25H34N4O2. The van der Waals surface area contributed by atoms with Crippen LogP contribution in [-0.2, 0) is 5.54 Å². The van der Waals surface area contributed by atoms with Crippen molar-refractivity contribution in [3.05, 3.63) is 30.0 Å². The Labute approximate surface area is 184 Å². The highest BCUT2D eigenvalue weighted by Crippen LogP contribution is 2.53. The predicted octanol–water partition coefficient (Wildman–Crippen LogP) is 5.80. The molecule has 3 fully saturated rings. The first-order chi connectivity index (χ1) is 15.3. The number of amides is 1. The molecular weight excluding hydrogens is 388 g/mol. The van der Waals surface area contributed by atoms with Gasteiger partial charge in [-0.05, 0) is 50.7 Å². The Morgan fingerprint density at radius 2 is 1.71 bits per heavy atom. The van der Waals surface area contributed by atoms with Gasteiger partial charge in [0.1, 0.15) is 0 Å². The Bertz CT molecular complexity index is 921. The van der Waals surface area contributed by atoms with Crippen LogP contribution in [-0.4, -0.2) is 26.7 Å². The normalized spacial score (nSPS) is 28.3. The van der Waals surface area contributed by atoms with Crippen molar-refractivity contribution < 1.29 is 9.21 Å². The van der Waals surface area contributed by atoms with Crippen LogP contribution in [0.15, 0.2) is 22.8 Å². The van der Waals surface area contributed by atoms with E-state index in [0.717, 1.165) is 18.2 Å². The maximum atomic E-state index is 13.7. The third kappa shape index (κ3) is 3.08. The third-order valence-corrected chi connectivity index (χ3v) is 8.64. The van der Waals surface area contributed by atoms with E-state index in [2.05, 4.69) is 4.68 Å². The third-order valence-electron chi connectivity index (χ3n) is 8.64. The first kappa shape index (κ1) is 19.6. The van der Waals surface area contributed by atoms with Gasteiger partial charge in [0.15, 0.2) is 11.6 Å². The van der Waals surface area contributed by atoms with E-state index in [1.54, 1.807) is 18.4 Å². The number of nitrogens with zero attached hydrogens (tertiary/aromatic N) is 4. The van der Waals surface area contributed by atoms with E-state index in [1.807, 2.05) is 4.90 Å². The van der Waals surface area contributed by atoms with Crippen molar-refractivity contribution in [1.29, 1.82) is 0 Å². The highest BCUT2D eigenvalue weighted by molar-refractivity contribution is 6.04. The summed E-state index contributed by atoms with van der Waals surface area (Å²) in [6, 6.07) is 3.80. The number of fused-ring (bicyclic) bond motifs is 4. The number of furan rings is 1. The van der Waals surface area contributed by atoms with Crippen LogP contribution in [0.25, 0.3) is 0 Å². The van der Waals surface area contributed by atoms with Crippen molar-refractivity contribution >= 4 is 11.9 Å². The van der Waals surface area contributed by atoms with Crippen molar-refractivity contribution in [3.63, 3.8) is 0 Å². The van der Waals surface area contributed by atoms with Crippen molar-refractivity contribution in [2.75, 3.05) is 4.90 Å². The van der Waals surface area contributed by atoms with Gasteiger partial charge in [0.05, 0.1) is 11.8 Å². The van der Waals surface area contributed by atoms with Crippen LogP contribution < -0.4 is 4.90 Å². The molecule has 3 aliphatic carbocycles. The largest absolute Gasteiger partial charge is 0.459 e. The van der Waals surface area contributed by atoms with Gasteiger partial charge in [0.2, 0.25) is 5.95 Å². The highest BCUT2D eigenvalue weighted by atomic mass is 16.3. The monoisotopic (exact) mass is 422 g/mol. The quantitative estimate of drug-likeness (QED) is 0.614. The average molecular weight is 423 g/mol. The molecule has 6 heteroatoms. The first-order valence-corrected chi connectivity index (χ1v) is 12.6. The molecule has 31 heavy (non-hydrogen) atoms. The molecule has 1 amide bonds. The van der Waals surface area contributed by atoms with Crippen LogP contribution in [0, 0.1) is 5.92 Å². The van der Waals surface area contributed by atoms with Crippen LogP contribution in [0.4, 0.5) is 5.95 Å². The second-order valence-electron chi connectivity index (χ2n) is 10.3. The van der Waals surface area contributed by atoms with E-state index in [0.29, 0.717) is 17.6 Å². The Balaban J connectivity index is 1.50. The van der Waals surface area contributed by atoms with Crippen molar-refractivity contribution in [3.8, 4) is 0 Å². The molecule has 1 aliphatic heterocycles. The molecule has 2 aromatic rings. The number of carbonyl (C=O) groups excluding carboxylic acids is 1. The lowest BCUT2D eigenvalue weighted by Gasteiger charge is -2.55. The molecule has 0 N–H and O–H groups in total.